The molecule has 1 amide bonds. The number of carboxylic acids is 1. The van der Waals surface area contributed by atoms with Crippen LogP contribution in [-0.4, -0.2) is 21.3 Å². The molecule has 0 aromatic heterocycles. The first-order valence-electron chi connectivity index (χ1n) is 6.93. The number of carboxylic acid groups (broad SMARTS) is 1. The molecule has 1 fully saturated rings. The van der Waals surface area contributed by atoms with Crippen molar-refractivity contribution in [2.75, 3.05) is 4.90 Å². The predicted molar refractivity (Wildman–Crippen MR) is 103 cm³/mol. The average Bonchev–Trinajstić information content (AvgIpc) is 2.85. The second-order valence-electron chi connectivity index (χ2n) is 5.03. The summed E-state index contributed by atoms with van der Waals surface area (Å²) < 4.78 is 14.9. The van der Waals surface area contributed by atoms with Gasteiger partial charge in [-0.05, 0) is 48.5 Å². The van der Waals surface area contributed by atoms with Crippen molar-refractivity contribution in [1.29, 1.82) is 0 Å². The molecule has 0 aliphatic carbocycles. The van der Waals surface area contributed by atoms with E-state index in [2.05, 4.69) is 15.9 Å². The number of anilines is 1. The normalized spacial score (nSPS) is 15.9. The van der Waals surface area contributed by atoms with Crippen molar-refractivity contribution >= 4 is 67.9 Å². The molecule has 2 aromatic carbocycles. The summed E-state index contributed by atoms with van der Waals surface area (Å²) in [5.41, 5.74) is 0.850. The first kappa shape index (κ1) is 17.8. The third kappa shape index (κ3) is 3.65. The Morgan fingerprint density at radius 2 is 1.92 bits per heavy atom. The lowest BCUT2D eigenvalue weighted by molar-refractivity contribution is -0.113. The van der Waals surface area contributed by atoms with Crippen LogP contribution in [0.5, 0.6) is 0 Å². The van der Waals surface area contributed by atoms with E-state index in [0.29, 0.717) is 19.4 Å². The summed E-state index contributed by atoms with van der Waals surface area (Å²) in [6, 6.07) is 10.3. The summed E-state index contributed by atoms with van der Waals surface area (Å²) in [7, 11) is 0. The topological polar surface area (TPSA) is 57.6 Å². The van der Waals surface area contributed by atoms with Crippen molar-refractivity contribution in [2.45, 2.75) is 0 Å². The summed E-state index contributed by atoms with van der Waals surface area (Å²) in [6.07, 6.45) is 1.45. The maximum Gasteiger partial charge on any atom is 0.335 e. The van der Waals surface area contributed by atoms with Crippen LogP contribution in [0.3, 0.4) is 0 Å². The van der Waals surface area contributed by atoms with Crippen LogP contribution < -0.4 is 4.90 Å². The summed E-state index contributed by atoms with van der Waals surface area (Å²) in [5.74, 6) is -1.88. The zero-order chi connectivity index (χ0) is 18.1. The minimum Gasteiger partial charge on any atom is -0.478 e. The van der Waals surface area contributed by atoms with Gasteiger partial charge in [-0.25, -0.2) is 9.18 Å². The number of amides is 1. The number of thioether (sulfide) groups is 1. The highest BCUT2D eigenvalue weighted by Gasteiger charge is 2.33. The minimum absolute atomic E-state index is 0.112. The SMILES string of the molecule is O=C(O)c1ccc(N2C(=O)/C(=C\c3cc(Br)ccc3F)SC2=S)cc1. The lowest BCUT2D eigenvalue weighted by atomic mass is 10.2. The van der Waals surface area contributed by atoms with Crippen molar-refractivity contribution in [3.05, 3.63) is 68.8 Å². The highest BCUT2D eigenvalue weighted by molar-refractivity contribution is 9.10. The molecule has 0 bridgehead atoms. The van der Waals surface area contributed by atoms with E-state index >= 15 is 0 Å². The average molecular weight is 438 g/mol. The van der Waals surface area contributed by atoms with Gasteiger partial charge < -0.3 is 5.11 Å². The lowest BCUT2D eigenvalue weighted by Crippen LogP contribution is -2.27. The summed E-state index contributed by atoms with van der Waals surface area (Å²) >= 11 is 9.58. The van der Waals surface area contributed by atoms with Gasteiger partial charge in [0, 0.05) is 10.0 Å². The number of aromatic carboxylic acids is 1. The molecule has 0 radical (unpaired) electrons. The molecule has 0 unspecified atom stereocenters. The zero-order valence-corrected chi connectivity index (χ0v) is 15.6. The molecule has 0 spiro atoms. The molecular weight excluding hydrogens is 429 g/mol. The van der Waals surface area contributed by atoms with Crippen LogP contribution in [0.1, 0.15) is 15.9 Å². The number of hydrogen-bond acceptors (Lipinski definition) is 4. The largest absolute Gasteiger partial charge is 0.478 e. The zero-order valence-electron chi connectivity index (χ0n) is 12.4. The second kappa shape index (κ2) is 7.07. The van der Waals surface area contributed by atoms with Gasteiger partial charge in [-0.1, -0.05) is 39.9 Å². The molecule has 4 nitrogen and oxygen atoms in total. The number of halogens is 2. The highest BCUT2D eigenvalue weighted by atomic mass is 79.9. The fourth-order valence-electron chi connectivity index (χ4n) is 2.21. The van der Waals surface area contributed by atoms with E-state index in [1.54, 1.807) is 12.1 Å². The molecule has 2 aromatic rings. The maximum absolute atomic E-state index is 13.9. The molecule has 1 aliphatic heterocycles. The molecule has 1 heterocycles. The van der Waals surface area contributed by atoms with Gasteiger partial charge in [0.15, 0.2) is 4.32 Å². The number of rotatable bonds is 3. The van der Waals surface area contributed by atoms with E-state index in [0.717, 1.165) is 11.8 Å². The Kier molecular flexibility index (Phi) is 5.03. The van der Waals surface area contributed by atoms with Gasteiger partial charge >= 0.3 is 5.97 Å². The quantitative estimate of drug-likeness (QED) is 0.557. The molecule has 25 heavy (non-hydrogen) atoms. The van der Waals surface area contributed by atoms with Gasteiger partial charge in [-0.3, -0.25) is 9.69 Å². The van der Waals surface area contributed by atoms with Crippen LogP contribution in [0.2, 0.25) is 0 Å². The van der Waals surface area contributed by atoms with E-state index in [1.165, 1.54) is 41.3 Å². The Bertz CT molecular complexity index is 928. The Labute approximate surface area is 160 Å². The lowest BCUT2D eigenvalue weighted by Gasteiger charge is -2.14. The number of carbonyl (C=O) groups is 2. The fraction of sp³-hybridized carbons (Fsp3) is 0. The van der Waals surface area contributed by atoms with Crippen LogP contribution in [0.25, 0.3) is 6.08 Å². The third-order valence-corrected chi connectivity index (χ3v) is 5.21. The fourth-order valence-corrected chi connectivity index (χ4v) is 3.88. The maximum atomic E-state index is 13.9. The van der Waals surface area contributed by atoms with Crippen molar-refractivity contribution in [3.8, 4) is 0 Å². The van der Waals surface area contributed by atoms with Crippen LogP contribution in [0.15, 0.2) is 51.8 Å². The van der Waals surface area contributed by atoms with Crippen LogP contribution in [0, 0.1) is 5.82 Å². The Morgan fingerprint density at radius 3 is 2.56 bits per heavy atom. The number of hydrogen-bond donors (Lipinski definition) is 1. The summed E-state index contributed by atoms with van der Waals surface area (Å²) in [6.45, 7) is 0. The molecule has 0 atom stereocenters. The molecule has 1 saturated heterocycles. The number of carbonyl (C=O) groups excluding carboxylic acids is 1. The summed E-state index contributed by atoms with van der Waals surface area (Å²) in [4.78, 5) is 25.1. The molecule has 126 valence electrons. The predicted octanol–water partition coefficient (Wildman–Crippen LogP) is 4.69. The molecule has 0 saturated carbocycles. The van der Waals surface area contributed by atoms with Crippen LogP contribution in [0.4, 0.5) is 10.1 Å². The van der Waals surface area contributed by atoms with E-state index in [1.807, 2.05) is 0 Å². The van der Waals surface area contributed by atoms with Crippen LogP contribution in [-0.2, 0) is 4.79 Å². The smallest absolute Gasteiger partial charge is 0.335 e. The van der Waals surface area contributed by atoms with Gasteiger partial charge in [0.25, 0.3) is 5.91 Å². The highest BCUT2D eigenvalue weighted by Crippen LogP contribution is 2.36. The van der Waals surface area contributed by atoms with E-state index in [-0.39, 0.29) is 17.0 Å². The first-order chi connectivity index (χ1) is 11.9. The van der Waals surface area contributed by atoms with Crippen molar-refractivity contribution < 1.29 is 19.1 Å². The van der Waals surface area contributed by atoms with Crippen molar-refractivity contribution in [3.63, 3.8) is 0 Å². The molecule has 8 heteroatoms. The van der Waals surface area contributed by atoms with Gasteiger partial charge in [-0.15, -0.1) is 0 Å². The van der Waals surface area contributed by atoms with Crippen molar-refractivity contribution in [2.24, 2.45) is 0 Å². The Morgan fingerprint density at radius 1 is 1.24 bits per heavy atom. The number of nitrogens with zero attached hydrogens (tertiary/aromatic N) is 1. The van der Waals surface area contributed by atoms with Gasteiger partial charge in [0.2, 0.25) is 0 Å². The van der Waals surface area contributed by atoms with E-state index < -0.39 is 11.8 Å². The van der Waals surface area contributed by atoms with Gasteiger partial charge in [0.05, 0.1) is 16.2 Å². The third-order valence-electron chi connectivity index (χ3n) is 3.41. The standard InChI is InChI=1S/C17H9BrFNO3S2/c18-11-3-6-13(19)10(7-11)8-14-15(21)20(17(24)25-14)12-4-1-9(2-5-12)16(22)23/h1-8H,(H,22,23)/b14-8+. The van der Waals surface area contributed by atoms with E-state index in [9.17, 15) is 14.0 Å². The molecule has 3 rings (SSSR count). The second-order valence-corrected chi connectivity index (χ2v) is 7.63. The van der Waals surface area contributed by atoms with E-state index in [4.69, 9.17) is 17.3 Å². The number of benzene rings is 2. The minimum atomic E-state index is -1.05. The monoisotopic (exact) mass is 437 g/mol. The summed E-state index contributed by atoms with van der Waals surface area (Å²) in [5, 5.41) is 8.94. The Hall–Kier alpha value is -2.03. The van der Waals surface area contributed by atoms with Crippen molar-refractivity contribution in [1.82, 2.24) is 0 Å². The first-order valence-corrected chi connectivity index (χ1v) is 8.95. The van der Waals surface area contributed by atoms with Crippen LogP contribution >= 0.6 is 39.9 Å². The van der Waals surface area contributed by atoms with Gasteiger partial charge in [0.1, 0.15) is 5.82 Å². The number of thiocarbonyl (C=S) groups is 1. The van der Waals surface area contributed by atoms with Gasteiger partial charge in [-0.2, -0.15) is 0 Å². The Balaban J connectivity index is 1.93. The molecular formula is C17H9BrFNO3S2. The molecule has 1 aliphatic rings. The molecule has 1 N–H and O–H groups in total.